The topological polar surface area (TPSA) is 50.1 Å². The maximum Gasteiger partial charge on any atom is 0.309 e. The van der Waals surface area contributed by atoms with Gasteiger partial charge < -0.3 is 4.74 Å². The summed E-state index contributed by atoms with van der Waals surface area (Å²) in [5, 5.41) is 9.32. The van der Waals surface area contributed by atoms with Crippen LogP contribution in [0.25, 0.3) is 0 Å². The first-order valence-corrected chi connectivity index (χ1v) is 12.3. The lowest BCUT2D eigenvalue weighted by molar-refractivity contribution is -0.151. The van der Waals surface area contributed by atoms with Crippen LogP contribution in [0, 0.1) is 23.2 Å². The molecule has 3 rings (SSSR count). The number of carbonyl (C=O) groups excluding carboxylic acids is 1. The molecule has 0 fully saturated rings. The molecule has 0 bridgehead atoms. The minimum Gasteiger partial charge on any atom is -0.461 e. The summed E-state index contributed by atoms with van der Waals surface area (Å²) in [6.07, 6.45) is 3.41. The number of rotatable bonds is 12. The van der Waals surface area contributed by atoms with Crippen LogP contribution in [0.5, 0.6) is 0 Å². The Morgan fingerprint density at radius 3 is 1.91 bits per heavy atom. The van der Waals surface area contributed by atoms with E-state index in [1.54, 1.807) is 0 Å². The van der Waals surface area contributed by atoms with Crippen LogP contribution >= 0.6 is 0 Å². The molecule has 0 heterocycles. The van der Waals surface area contributed by atoms with Gasteiger partial charge in [0, 0.05) is 11.8 Å². The van der Waals surface area contributed by atoms with Crippen LogP contribution in [-0.4, -0.2) is 5.97 Å². The number of ether oxygens (including phenoxy) is 1. The average molecular weight is 454 g/mol. The Hall–Kier alpha value is -3.38. The fraction of sp³-hybridized carbons (Fsp3) is 0.355. The first-order valence-electron chi connectivity index (χ1n) is 12.3. The van der Waals surface area contributed by atoms with E-state index >= 15 is 0 Å². The van der Waals surface area contributed by atoms with Crippen molar-refractivity contribution in [3.8, 4) is 6.07 Å². The summed E-state index contributed by atoms with van der Waals surface area (Å²) in [6.45, 7) is 4.74. The zero-order chi connectivity index (χ0) is 24.2. The summed E-state index contributed by atoms with van der Waals surface area (Å²) in [5.41, 5.74) is 3.04. The fourth-order valence-corrected chi connectivity index (χ4v) is 4.78. The number of nitriles is 1. The van der Waals surface area contributed by atoms with Crippen LogP contribution in [0.3, 0.4) is 0 Å². The van der Waals surface area contributed by atoms with Crippen molar-refractivity contribution >= 4 is 5.97 Å². The molecular weight excluding hydrogens is 418 g/mol. The number of hydrogen-bond acceptors (Lipinski definition) is 3. The van der Waals surface area contributed by atoms with Crippen molar-refractivity contribution in [1.29, 1.82) is 5.26 Å². The molecule has 0 spiro atoms. The maximum atomic E-state index is 13.4. The van der Waals surface area contributed by atoms with Crippen molar-refractivity contribution in [2.45, 2.75) is 58.0 Å². The predicted octanol–water partition coefficient (Wildman–Crippen LogP) is 7.46. The highest BCUT2D eigenvalue weighted by molar-refractivity contribution is 5.73. The van der Waals surface area contributed by atoms with Gasteiger partial charge in [-0.2, -0.15) is 5.26 Å². The number of carbonyl (C=O) groups is 1. The van der Waals surface area contributed by atoms with Crippen molar-refractivity contribution in [2.75, 3.05) is 0 Å². The highest BCUT2D eigenvalue weighted by Gasteiger charge is 2.39. The number of nitrogens with zero attached hydrogens (tertiary/aromatic N) is 1. The third-order valence-corrected chi connectivity index (χ3v) is 6.80. The van der Waals surface area contributed by atoms with E-state index in [-0.39, 0.29) is 23.9 Å². The molecule has 0 saturated carbocycles. The summed E-state index contributed by atoms with van der Waals surface area (Å²) >= 11 is 0. The van der Waals surface area contributed by atoms with Crippen LogP contribution in [0.4, 0.5) is 0 Å². The van der Waals surface area contributed by atoms with Crippen molar-refractivity contribution in [3.63, 3.8) is 0 Å². The van der Waals surface area contributed by atoms with E-state index in [2.05, 4.69) is 68.4 Å². The molecule has 0 radical (unpaired) electrons. The van der Waals surface area contributed by atoms with Crippen molar-refractivity contribution in [2.24, 2.45) is 11.8 Å². The average Bonchev–Trinajstić information content (AvgIpc) is 2.90. The lowest BCUT2D eigenvalue weighted by Crippen LogP contribution is -2.35. The molecule has 3 heteroatoms. The third kappa shape index (κ3) is 6.58. The molecule has 0 aromatic heterocycles. The molecule has 0 aliphatic heterocycles. The summed E-state index contributed by atoms with van der Waals surface area (Å²) in [4.78, 5) is 13.4. The van der Waals surface area contributed by atoms with Gasteiger partial charge in [0.15, 0.2) is 0 Å². The number of hydrogen-bond donors (Lipinski definition) is 0. The summed E-state index contributed by atoms with van der Waals surface area (Å²) in [5.74, 6) is -0.121. The van der Waals surface area contributed by atoms with Gasteiger partial charge in [-0.15, -0.1) is 0 Å². The molecule has 3 nitrogen and oxygen atoms in total. The molecule has 0 amide bonds. The molecule has 0 aliphatic carbocycles. The zero-order valence-corrected chi connectivity index (χ0v) is 20.3. The van der Waals surface area contributed by atoms with Crippen LogP contribution in [0.15, 0.2) is 91.0 Å². The van der Waals surface area contributed by atoms with Gasteiger partial charge in [-0.05, 0) is 41.9 Å². The molecule has 2 atom stereocenters. The Bertz CT molecular complexity index is 1000. The van der Waals surface area contributed by atoms with E-state index in [9.17, 15) is 10.1 Å². The molecule has 34 heavy (non-hydrogen) atoms. The van der Waals surface area contributed by atoms with E-state index in [1.807, 2.05) is 42.5 Å². The summed E-state index contributed by atoms with van der Waals surface area (Å²) < 4.78 is 5.79. The summed E-state index contributed by atoms with van der Waals surface area (Å²) in [7, 11) is 0. The standard InChI is InChI=1S/C31H35NO2/c1-3-25(2)22-31(28-17-9-5-10-18-28,29-19-11-6-12-20-29)23-27(16-13-21-32)30(33)34-24-26-14-7-4-8-15-26/h4-12,14-15,17-20,25,27H,3,13,16,22-24H2,1-2H3. The monoisotopic (exact) mass is 453 g/mol. The first-order chi connectivity index (χ1) is 16.6. The molecule has 3 aromatic rings. The lowest BCUT2D eigenvalue weighted by atomic mass is 9.64. The van der Waals surface area contributed by atoms with Crippen LogP contribution in [-0.2, 0) is 21.6 Å². The second-order valence-electron chi connectivity index (χ2n) is 9.22. The Balaban J connectivity index is 1.99. The Morgan fingerprint density at radius 1 is 0.882 bits per heavy atom. The second-order valence-corrected chi connectivity index (χ2v) is 9.22. The van der Waals surface area contributed by atoms with Gasteiger partial charge in [0.1, 0.15) is 6.61 Å². The highest BCUT2D eigenvalue weighted by Crippen LogP contribution is 2.45. The maximum absolute atomic E-state index is 13.4. The lowest BCUT2D eigenvalue weighted by Gasteiger charge is -2.39. The Labute approximate surface area is 204 Å². The van der Waals surface area contributed by atoms with Gasteiger partial charge >= 0.3 is 5.97 Å². The molecular formula is C31H35NO2. The van der Waals surface area contributed by atoms with E-state index < -0.39 is 0 Å². The second kappa shape index (κ2) is 12.8. The zero-order valence-electron chi connectivity index (χ0n) is 20.3. The first kappa shape index (κ1) is 25.2. The van der Waals surface area contributed by atoms with Crippen molar-refractivity contribution < 1.29 is 9.53 Å². The van der Waals surface area contributed by atoms with E-state index in [0.29, 0.717) is 25.2 Å². The van der Waals surface area contributed by atoms with Gasteiger partial charge in [0.25, 0.3) is 0 Å². The quantitative estimate of drug-likeness (QED) is 0.267. The largest absolute Gasteiger partial charge is 0.461 e. The number of esters is 1. The van der Waals surface area contributed by atoms with Crippen molar-refractivity contribution in [3.05, 3.63) is 108 Å². The van der Waals surface area contributed by atoms with Crippen LogP contribution in [0.1, 0.15) is 62.6 Å². The van der Waals surface area contributed by atoms with Gasteiger partial charge in [0.2, 0.25) is 0 Å². The van der Waals surface area contributed by atoms with Gasteiger partial charge in [-0.1, -0.05) is 111 Å². The Kier molecular flexibility index (Phi) is 9.47. The SMILES string of the molecule is CCC(C)CC(CC(CCC#N)C(=O)OCc1ccccc1)(c1ccccc1)c1ccccc1. The normalized spacial score (nSPS) is 13.0. The molecule has 0 saturated heterocycles. The molecule has 0 aliphatic rings. The highest BCUT2D eigenvalue weighted by atomic mass is 16.5. The molecule has 176 valence electrons. The summed E-state index contributed by atoms with van der Waals surface area (Å²) in [6, 6.07) is 33.0. The van der Waals surface area contributed by atoms with Gasteiger partial charge in [-0.25, -0.2) is 0 Å². The van der Waals surface area contributed by atoms with Gasteiger partial charge in [-0.3, -0.25) is 4.79 Å². The van der Waals surface area contributed by atoms with E-state index in [4.69, 9.17) is 4.74 Å². The molecule has 2 unspecified atom stereocenters. The molecule has 0 N–H and O–H groups in total. The van der Waals surface area contributed by atoms with E-state index in [0.717, 1.165) is 18.4 Å². The Morgan fingerprint density at radius 2 is 1.41 bits per heavy atom. The minimum atomic E-state index is -0.368. The third-order valence-electron chi connectivity index (χ3n) is 6.80. The van der Waals surface area contributed by atoms with Gasteiger partial charge in [0.05, 0.1) is 12.0 Å². The molecule has 3 aromatic carbocycles. The smallest absolute Gasteiger partial charge is 0.309 e. The predicted molar refractivity (Wildman–Crippen MR) is 137 cm³/mol. The van der Waals surface area contributed by atoms with Crippen molar-refractivity contribution in [1.82, 2.24) is 0 Å². The van der Waals surface area contributed by atoms with E-state index in [1.165, 1.54) is 11.1 Å². The van der Waals surface area contributed by atoms with Crippen LogP contribution in [0.2, 0.25) is 0 Å². The van der Waals surface area contributed by atoms with Crippen LogP contribution < -0.4 is 0 Å². The minimum absolute atomic E-state index is 0.223. The fourth-order valence-electron chi connectivity index (χ4n) is 4.78. The number of benzene rings is 3.